The summed E-state index contributed by atoms with van der Waals surface area (Å²) < 4.78 is 52.6. The molecule has 10 nitrogen and oxygen atoms in total. The normalized spacial score (nSPS) is 18.5. The summed E-state index contributed by atoms with van der Waals surface area (Å²) in [6.07, 6.45) is -0.620. The summed E-state index contributed by atoms with van der Waals surface area (Å²) in [6, 6.07) is 11.9. The van der Waals surface area contributed by atoms with Crippen LogP contribution in [0.5, 0.6) is 0 Å². The number of rotatable bonds is 6. The zero-order chi connectivity index (χ0) is 28.9. The van der Waals surface area contributed by atoms with Crippen molar-refractivity contribution in [2.45, 2.75) is 57.8 Å². The minimum absolute atomic E-state index is 0.00467. The molecule has 2 aliphatic rings. The van der Waals surface area contributed by atoms with Crippen LogP contribution in [0, 0.1) is 5.82 Å². The molecule has 0 spiro atoms. The standard InChI is InChI=1S/C28H28F3N7O3/c1-28(2,3)41-27(39)38-14-19-11-20(38)13-37(19)23-10-18(8-9-21(23)29)22-15-36(35-32-22)12-16-4-6-17(7-5-16)25-33-34-26(40-25)24(30)31/h4-10,15,19-20,24H,11-14H2,1-3H3/t19-,20-/m0/s1. The summed E-state index contributed by atoms with van der Waals surface area (Å²) >= 11 is 0. The van der Waals surface area contributed by atoms with E-state index >= 15 is 0 Å². The average Bonchev–Trinajstić information content (AvgIpc) is 3.72. The van der Waals surface area contributed by atoms with Crippen molar-refractivity contribution in [3.05, 3.63) is 65.9 Å². The number of nitrogens with zero attached hydrogens (tertiary/aromatic N) is 7. The third-order valence-corrected chi connectivity index (χ3v) is 7.13. The molecule has 4 heterocycles. The number of fused-ring (bicyclic) bond motifs is 2. The van der Waals surface area contributed by atoms with Crippen molar-refractivity contribution in [2.24, 2.45) is 0 Å². The molecule has 0 radical (unpaired) electrons. The zero-order valence-corrected chi connectivity index (χ0v) is 22.7. The van der Waals surface area contributed by atoms with Crippen LogP contribution in [-0.2, 0) is 11.3 Å². The van der Waals surface area contributed by atoms with E-state index in [0.717, 1.165) is 17.5 Å². The lowest BCUT2D eigenvalue weighted by molar-refractivity contribution is 0.0214. The Balaban J connectivity index is 1.13. The zero-order valence-electron chi connectivity index (χ0n) is 22.7. The Labute approximate surface area is 233 Å². The van der Waals surface area contributed by atoms with Gasteiger partial charge >= 0.3 is 12.5 Å². The molecule has 6 rings (SSSR count). The molecule has 2 aliphatic heterocycles. The fraction of sp³-hybridized carbons (Fsp3) is 0.393. The van der Waals surface area contributed by atoms with Crippen molar-refractivity contribution < 1.29 is 27.1 Å². The number of ether oxygens (including phenoxy) is 1. The van der Waals surface area contributed by atoms with Crippen LogP contribution in [0.3, 0.4) is 0 Å². The Morgan fingerprint density at radius 3 is 2.46 bits per heavy atom. The molecule has 4 aromatic rings. The Bertz CT molecular complexity index is 1560. The van der Waals surface area contributed by atoms with Crippen LogP contribution in [0.25, 0.3) is 22.7 Å². The summed E-state index contributed by atoms with van der Waals surface area (Å²) in [7, 11) is 0. The van der Waals surface area contributed by atoms with E-state index in [4.69, 9.17) is 9.15 Å². The first-order chi connectivity index (χ1) is 19.5. The van der Waals surface area contributed by atoms with Gasteiger partial charge in [-0.3, -0.25) is 0 Å². The number of amides is 1. The topological polar surface area (TPSA) is 102 Å². The molecule has 2 aromatic heterocycles. The SMILES string of the molecule is CC(C)(C)OC(=O)N1C[C@@H]2C[C@H]1CN2c1cc(-c2cn(Cc3ccc(-c4nnc(C(F)F)o4)cc3)nn2)ccc1F. The summed E-state index contributed by atoms with van der Waals surface area (Å²) in [6.45, 7) is 6.93. The van der Waals surface area contributed by atoms with Crippen LogP contribution < -0.4 is 4.90 Å². The van der Waals surface area contributed by atoms with Gasteiger partial charge in [-0.05, 0) is 63.1 Å². The summed E-state index contributed by atoms with van der Waals surface area (Å²) in [5, 5.41) is 15.5. The maximum absolute atomic E-state index is 15.0. The number of hydrogen-bond donors (Lipinski definition) is 0. The first-order valence-corrected chi connectivity index (χ1v) is 13.2. The van der Waals surface area contributed by atoms with Crippen LogP contribution in [0.15, 0.2) is 53.1 Å². The summed E-state index contributed by atoms with van der Waals surface area (Å²) in [5.74, 6) is -1.03. The summed E-state index contributed by atoms with van der Waals surface area (Å²) in [4.78, 5) is 16.4. The van der Waals surface area contributed by atoms with Gasteiger partial charge in [0.15, 0.2) is 0 Å². The fourth-order valence-corrected chi connectivity index (χ4v) is 5.29. The van der Waals surface area contributed by atoms with Crippen LogP contribution in [0.2, 0.25) is 0 Å². The number of benzene rings is 2. The highest BCUT2D eigenvalue weighted by molar-refractivity contribution is 5.71. The Kier molecular flexibility index (Phi) is 6.66. The van der Waals surface area contributed by atoms with E-state index in [-0.39, 0.29) is 29.9 Å². The predicted molar refractivity (Wildman–Crippen MR) is 142 cm³/mol. The predicted octanol–water partition coefficient (Wildman–Crippen LogP) is 5.32. The lowest BCUT2D eigenvalue weighted by Crippen LogP contribution is -2.50. The quantitative estimate of drug-likeness (QED) is 0.309. The minimum Gasteiger partial charge on any atom is -0.444 e. The van der Waals surface area contributed by atoms with E-state index in [1.165, 1.54) is 6.07 Å². The van der Waals surface area contributed by atoms with E-state index in [1.54, 1.807) is 40.0 Å². The molecule has 2 fully saturated rings. The number of carbonyl (C=O) groups is 1. The largest absolute Gasteiger partial charge is 0.444 e. The molecule has 2 aromatic carbocycles. The van der Waals surface area contributed by atoms with Crippen LogP contribution in [-0.4, -0.2) is 67.0 Å². The fourth-order valence-electron chi connectivity index (χ4n) is 5.29. The van der Waals surface area contributed by atoms with Crippen LogP contribution in [0.4, 0.5) is 23.7 Å². The number of hydrogen-bond acceptors (Lipinski definition) is 8. The highest BCUT2D eigenvalue weighted by Crippen LogP contribution is 2.38. The van der Waals surface area contributed by atoms with Gasteiger partial charge in [0.25, 0.3) is 5.89 Å². The molecular formula is C28H28F3N7O3. The molecule has 13 heteroatoms. The first-order valence-electron chi connectivity index (χ1n) is 13.2. The molecule has 0 N–H and O–H groups in total. The Morgan fingerprint density at radius 1 is 1.05 bits per heavy atom. The Morgan fingerprint density at radius 2 is 1.80 bits per heavy atom. The van der Waals surface area contributed by atoms with Crippen molar-refractivity contribution in [3.8, 4) is 22.7 Å². The average molecular weight is 568 g/mol. The molecule has 1 amide bonds. The van der Waals surface area contributed by atoms with E-state index in [0.29, 0.717) is 36.6 Å². The van der Waals surface area contributed by atoms with Gasteiger partial charge in [-0.1, -0.05) is 17.3 Å². The van der Waals surface area contributed by atoms with E-state index in [9.17, 15) is 18.0 Å². The van der Waals surface area contributed by atoms with E-state index in [2.05, 4.69) is 20.5 Å². The second kappa shape index (κ2) is 10.2. The molecule has 41 heavy (non-hydrogen) atoms. The monoisotopic (exact) mass is 567 g/mol. The van der Waals surface area contributed by atoms with Crippen LogP contribution in [0.1, 0.15) is 45.1 Å². The van der Waals surface area contributed by atoms with Gasteiger partial charge < -0.3 is 19.0 Å². The van der Waals surface area contributed by atoms with E-state index < -0.39 is 17.9 Å². The number of halogens is 3. The van der Waals surface area contributed by atoms with Crippen molar-refractivity contribution in [1.82, 2.24) is 30.1 Å². The van der Waals surface area contributed by atoms with Gasteiger partial charge in [-0.2, -0.15) is 8.78 Å². The molecule has 0 unspecified atom stereocenters. The second-order valence-corrected chi connectivity index (χ2v) is 11.2. The molecule has 214 valence electrons. The van der Waals surface area contributed by atoms with Gasteiger partial charge in [0.05, 0.1) is 24.5 Å². The second-order valence-electron chi connectivity index (χ2n) is 11.2. The minimum atomic E-state index is -2.82. The number of anilines is 1. The van der Waals surface area contributed by atoms with Crippen molar-refractivity contribution in [2.75, 3.05) is 18.0 Å². The Hall–Kier alpha value is -4.42. The molecule has 2 saturated heterocycles. The highest BCUT2D eigenvalue weighted by Gasteiger charge is 2.47. The van der Waals surface area contributed by atoms with E-state index in [1.807, 2.05) is 37.8 Å². The smallest absolute Gasteiger partial charge is 0.410 e. The van der Waals surface area contributed by atoms with Crippen LogP contribution >= 0.6 is 0 Å². The molecule has 2 atom stereocenters. The van der Waals surface area contributed by atoms with Crippen molar-refractivity contribution >= 4 is 11.8 Å². The number of piperazine rings is 1. The molecule has 0 aliphatic carbocycles. The number of likely N-dealkylation sites (tertiary alicyclic amines) is 1. The third-order valence-electron chi connectivity index (χ3n) is 7.13. The van der Waals surface area contributed by atoms with Crippen molar-refractivity contribution in [1.29, 1.82) is 0 Å². The maximum atomic E-state index is 15.0. The lowest BCUT2D eigenvalue weighted by Gasteiger charge is -2.36. The lowest BCUT2D eigenvalue weighted by atomic mass is 10.1. The van der Waals surface area contributed by atoms with Gasteiger partial charge in [0, 0.05) is 30.3 Å². The van der Waals surface area contributed by atoms with Gasteiger partial charge in [0.2, 0.25) is 5.89 Å². The molecule has 2 bridgehead atoms. The third kappa shape index (κ3) is 5.48. The van der Waals surface area contributed by atoms with Crippen molar-refractivity contribution in [3.63, 3.8) is 0 Å². The number of aromatic nitrogens is 5. The maximum Gasteiger partial charge on any atom is 0.410 e. The highest BCUT2D eigenvalue weighted by atomic mass is 19.3. The van der Waals surface area contributed by atoms with Gasteiger partial charge in [0.1, 0.15) is 17.1 Å². The molecule has 0 saturated carbocycles. The first kappa shape index (κ1) is 26.8. The number of alkyl halides is 2. The van der Waals surface area contributed by atoms with Gasteiger partial charge in [-0.15, -0.1) is 15.3 Å². The summed E-state index contributed by atoms with van der Waals surface area (Å²) in [5.41, 5.74) is 2.63. The molecular weight excluding hydrogens is 539 g/mol. The van der Waals surface area contributed by atoms with Gasteiger partial charge in [-0.25, -0.2) is 13.9 Å². The number of carbonyl (C=O) groups excluding carboxylic acids is 1.